The molecule has 1 aromatic rings. The van der Waals surface area contributed by atoms with E-state index in [4.69, 9.17) is 5.53 Å². The van der Waals surface area contributed by atoms with Gasteiger partial charge in [0.1, 0.15) is 0 Å². The summed E-state index contributed by atoms with van der Waals surface area (Å²) in [6.07, 6.45) is 4.31. The van der Waals surface area contributed by atoms with E-state index in [9.17, 15) is 4.79 Å². The van der Waals surface area contributed by atoms with Gasteiger partial charge in [-0.05, 0) is 27.0 Å². The predicted octanol–water partition coefficient (Wildman–Crippen LogP) is 3.59. The first kappa shape index (κ1) is 11.5. The number of azide groups is 1. The van der Waals surface area contributed by atoms with Gasteiger partial charge in [0.05, 0.1) is 0 Å². The maximum absolute atomic E-state index is 10.6. The van der Waals surface area contributed by atoms with Crippen LogP contribution in [0.3, 0.4) is 0 Å². The molecule has 0 aliphatic carbocycles. The quantitative estimate of drug-likeness (QED) is 0.355. The van der Waals surface area contributed by atoms with E-state index in [1.807, 2.05) is 6.07 Å². The maximum atomic E-state index is 10.6. The molecule has 0 bridgehead atoms. The van der Waals surface area contributed by atoms with E-state index in [1.165, 1.54) is 0 Å². The first-order valence-electron chi connectivity index (χ1n) is 4.20. The molecule has 0 saturated heterocycles. The van der Waals surface area contributed by atoms with Crippen molar-refractivity contribution in [3.05, 3.63) is 50.3 Å². The number of nitrogens with zero attached hydrogens (tertiary/aromatic N) is 3. The van der Waals surface area contributed by atoms with Crippen LogP contribution in [0.2, 0.25) is 0 Å². The zero-order valence-electron chi connectivity index (χ0n) is 7.80. The molecule has 0 aliphatic heterocycles. The number of rotatable bonds is 4. The van der Waals surface area contributed by atoms with Gasteiger partial charge in [-0.25, -0.2) is 0 Å². The first-order chi connectivity index (χ1) is 7.29. The van der Waals surface area contributed by atoms with Crippen molar-refractivity contribution in [1.82, 2.24) is 0 Å². The Morgan fingerprint density at radius 1 is 1.47 bits per heavy atom. The maximum Gasteiger partial charge on any atom is 0.151 e. The molecule has 0 N–H and O–H groups in total. The summed E-state index contributed by atoms with van der Waals surface area (Å²) in [5.74, 6) is 0. The summed E-state index contributed by atoms with van der Waals surface area (Å²) in [4.78, 5) is 13.3. The molecule has 0 amide bonds. The second-order valence-electron chi connectivity index (χ2n) is 2.68. The molecule has 76 valence electrons. The highest BCUT2D eigenvalue weighted by atomic mass is 79.9. The van der Waals surface area contributed by atoms with Crippen molar-refractivity contribution < 1.29 is 4.79 Å². The van der Waals surface area contributed by atoms with Crippen molar-refractivity contribution in [3.63, 3.8) is 0 Å². The highest BCUT2D eigenvalue weighted by Crippen LogP contribution is 2.21. The summed E-state index contributed by atoms with van der Waals surface area (Å²) >= 11 is 3.32. The van der Waals surface area contributed by atoms with Crippen LogP contribution in [0.25, 0.3) is 16.5 Å². The zero-order chi connectivity index (χ0) is 11.1. The molecule has 0 unspecified atom stereocenters. The van der Waals surface area contributed by atoms with Gasteiger partial charge >= 0.3 is 0 Å². The molecule has 0 fully saturated rings. The standard InChI is InChI=1S/C10H8BrN3O/c11-10-8(5-2-6-13-14-12)3-1-4-9(10)7-15/h1-5,7H,6H2. The van der Waals surface area contributed by atoms with Crippen molar-refractivity contribution in [2.75, 3.05) is 6.54 Å². The van der Waals surface area contributed by atoms with Crippen LogP contribution in [-0.4, -0.2) is 12.8 Å². The molecule has 0 radical (unpaired) electrons. The third-order valence-electron chi connectivity index (χ3n) is 1.73. The molecule has 0 atom stereocenters. The van der Waals surface area contributed by atoms with E-state index >= 15 is 0 Å². The molecular formula is C10H8BrN3O. The number of aldehydes is 1. The fraction of sp³-hybridized carbons (Fsp3) is 0.100. The number of hydrogen-bond donors (Lipinski definition) is 0. The third kappa shape index (κ3) is 3.23. The third-order valence-corrected chi connectivity index (χ3v) is 2.65. The van der Waals surface area contributed by atoms with Crippen LogP contribution >= 0.6 is 15.9 Å². The summed E-state index contributed by atoms with van der Waals surface area (Å²) in [5.41, 5.74) is 9.55. The number of carbonyl (C=O) groups excluding carboxylic acids is 1. The Morgan fingerprint density at radius 2 is 2.20 bits per heavy atom. The largest absolute Gasteiger partial charge is 0.298 e. The van der Waals surface area contributed by atoms with Gasteiger partial charge in [0.2, 0.25) is 0 Å². The summed E-state index contributed by atoms with van der Waals surface area (Å²) in [5, 5.41) is 3.37. The first-order valence-corrected chi connectivity index (χ1v) is 5.00. The molecular weight excluding hydrogens is 258 g/mol. The van der Waals surface area contributed by atoms with Gasteiger partial charge in [-0.3, -0.25) is 4.79 Å². The van der Waals surface area contributed by atoms with Gasteiger partial charge in [-0.15, -0.1) is 0 Å². The molecule has 1 rings (SSSR count). The van der Waals surface area contributed by atoms with Crippen molar-refractivity contribution in [3.8, 4) is 0 Å². The van der Waals surface area contributed by atoms with Gasteiger partial charge in [0.25, 0.3) is 0 Å². The summed E-state index contributed by atoms with van der Waals surface area (Å²) in [7, 11) is 0. The fourth-order valence-corrected chi connectivity index (χ4v) is 1.54. The van der Waals surface area contributed by atoms with Crippen LogP contribution in [0.5, 0.6) is 0 Å². The smallest absolute Gasteiger partial charge is 0.151 e. The van der Waals surface area contributed by atoms with Crippen molar-refractivity contribution in [2.45, 2.75) is 0 Å². The minimum absolute atomic E-state index is 0.300. The van der Waals surface area contributed by atoms with Crippen molar-refractivity contribution in [2.24, 2.45) is 5.11 Å². The Morgan fingerprint density at radius 3 is 2.87 bits per heavy atom. The molecule has 4 nitrogen and oxygen atoms in total. The molecule has 0 spiro atoms. The fourth-order valence-electron chi connectivity index (χ4n) is 1.05. The normalized spacial score (nSPS) is 9.93. The van der Waals surface area contributed by atoms with E-state index in [1.54, 1.807) is 24.3 Å². The SMILES string of the molecule is [N-]=[N+]=NCC=Cc1cccc(C=O)c1Br. The average molecular weight is 266 g/mol. The van der Waals surface area contributed by atoms with Gasteiger partial charge in [-0.2, -0.15) is 0 Å². The minimum Gasteiger partial charge on any atom is -0.298 e. The Bertz CT molecular complexity index is 436. The lowest BCUT2D eigenvalue weighted by Gasteiger charge is -2.00. The number of hydrogen-bond acceptors (Lipinski definition) is 2. The summed E-state index contributed by atoms with van der Waals surface area (Å²) in [6, 6.07) is 5.38. The molecule has 15 heavy (non-hydrogen) atoms. The van der Waals surface area contributed by atoms with Crippen LogP contribution in [0.15, 0.2) is 33.9 Å². The highest BCUT2D eigenvalue weighted by Gasteiger charge is 2.00. The van der Waals surface area contributed by atoms with E-state index in [0.29, 0.717) is 12.1 Å². The molecule has 0 saturated carbocycles. The van der Waals surface area contributed by atoms with Crippen LogP contribution in [0.4, 0.5) is 0 Å². The van der Waals surface area contributed by atoms with E-state index < -0.39 is 0 Å². The number of halogens is 1. The topological polar surface area (TPSA) is 65.8 Å². The lowest BCUT2D eigenvalue weighted by Crippen LogP contribution is -1.85. The van der Waals surface area contributed by atoms with Crippen molar-refractivity contribution >= 4 is 28.3 Å². The molecule has 0 heterocycles. The van der Waals surface area contributed by atoms with Crippen LogP contribution in [0, 0.1) is 0 Å². The van der Waals surface area contributed by atoms with Crippen molar-refractivity contribution in [1.29, 1.82) is 0 Å². The van der Waals surface area contributed by atoms with E-state index in [2.05, 4.69) is 26.0 Å². The second kappa shape index (κ2) is 6.01. The van der Waals surface area contributed by atoms with Crippen LogP contribution in [-0.2, 0) is 0 Å². The Labute approximate surface area is 95.4 Å². The monoisotopic (exact) mass is 265 g/mol. The van der Waals surface area contributed by atoms with Gasteiger partial charge in [0, 0.05) is 21.5 Å². The lowest BCUT2D eigenvalue weighted by atomic mass is 10.1. The van der Waals surface area contributed by atoms with Gasteiger partial charge < -0.3 is 0 Å². The number of carbonyl (C=O) groups is 1. The Hall–Kier alpha value is -1.58. The molecule has 1 aromatic carbocycles. The minimum atomic E-state index is 0.300. The second-order valence-corrected chi connectivity index (χ2v) is 3.48. The molecule has 5 heteroatoms. The predicted molar refractivity (Wildman–Crippen MR) is 62.6 cm³/mol. The average Bonchev–Trinajstić information content (AvgIpc) is 2.26. The van der Waals surface area contributed by atoms with Crippen LogP contribution in [0.1, 0.15) is 15.9 Å². The van der Waals surface area contributed by atoms with Gasteiger partial charge in [-0.1, -0.05) is 35.5 Å². The van der Waals surface area contributed by atoms with Crippen LogP contribution < -0.4 is 0 Å². The summed E-state index contributed by atoms with van der Waals surface area (Å²) < 4.78 is 0.747. The van der Waals surface area contributed by atoms with E-state index in [0.717, 1.165) is 16.3 Å². The highest BCUT2D eigenvalue weighted by molar-refractivity contribution is 9.10. The lowest BCUT2D eigenvalue weighted by molar-refractivity contribution is 0.112. The molecule has 0 aromatic heterocycles. The Balaban J connectivity index is 2.90. The molecule has 0 aliphatic rings. The summed E-state index contributed by atoms with van der Waals surface area (Å²) in [6.45, 7) is 0.300. The number of benzene rings is 1. The Kier molecular flexibility index (Phi) is 4.60. The zero-order valence-corrected chi connectivity index (χ0v) is 9.39. The van der Waals surface area contributed by atoms with Gasteiger partial charge in [0.15, 0.2) is 6.29 Å². The van der Waals surface area contributed by atoms with E-state index in [-0.39, 0.29) is 0 Å².